The molecule has 5 nitrogen and oxygen atoms in total. The van der Waals surface area contributed by atoms with Crippen LogP contribution in [0.15, 0.2) is 83.9 Å². The van der Waals surface area contributed by atoms with Gasteiger partial charge in [-0.05, 0) is 35.9 Å². The summed E-state index contributed by atoms with van der Waals surface area (Å²) in [4.78, 5) is 21.3. The van der Waals surface area contributed by atoms with Crippen molar-refractivity contribution < 1.29 is 0 Å². The molecular weight excluding hydrogens is 324 g/mol. The second kappa shape index (κ2) is 5.67. The first-order chi connectivity index (χ1) is 12.8. The number of fused-ring (bicyclic) bond motifs is 2. The second-order valence-corrected chi connectivity index (χ2v) is 6.04. The van der Waals surface area contributed by atoms with Crippen molar-refractivity contribution in [1.82, 2.24) is 19.6 Å². The lowest BCUT2D eigenvalue weighted by Gasteiger charge is -2.07. The first-order valence-corrected chi connectivity index (χ1v) is 8.32. The predicted molar refractivity (Wildman–Crippen MR) is 102 cm³/mol. The normalized spacial score (nSPS) is 11.2. The van der Waals surface area contributed by atoms with Gasteiger partial charge in [0.25, 0.3) is 5.56 Å². The van der Waals surface area contributed by atoms with Crippen LogP contribution in [0.4, 0.5) is 0 Å². The van der Waals surface area contributed by atoms with Gasteiger partial charge in [0, 0.05) is 29.4 Å². The van der Waals surface area contributed by atoms with Crippen LogP contribution in [0.1, 0.15) is 0 Å². The first-order valence-electron chi connectivity index (χ1n) is 8.32. The number of nitrogens with zero attached hydrogens (tertiary/aromatic N) is 3. The molecule has 0 saturated carbocycles. The van der Waals surface area contributed by atoms with Crippen molar-refractivity contribution in [2.45, 2.75) is 0 Å². The summed E-state index contributed by atoms with van der Waals surface area (Å²) >= 11 is 0. The minimum absolute atomic E-state index is 0.107. The van der Waals surface area contributed by atoms with Gasteiger partial charge in [0.2, 0.25) is 0 Å². The molecule has 5 heteroatoms. The molecule has 4 heterocycles. The molecule has 0 amide bonds. The van der Waals surface area contributed by atoms with E-state index in [1.807, 2.05) is 54.6 Å². The number of hydrogen-bond acceptors (Lipinski definition) is 3. The number of rotatable bonds is 2. The Morgan fingerprint density at radius 3 is 2.58 bits per heavy atom. The van der Waals surface area contributed by atoms with Crippen molar-refractivity contribution in [2.24, 2.45) is 0 Å². The van der Waals surface area contributed by atoms with E-state index in [4.69, 9.17) is 0 Å². The van der Waals surface area contributed by atoms with Crippen molar-refractivity contribution in [3.8, 4) is 22.5 Å². The highest BCUT2D eigenvalue weighted by Gasteiger charge is 2.18. The number of aromatic nitrogens is 4. The fourth-order valence-electron chi connectivity index (χ4n) is 3.38. The van der Waals surface area contributed by atoms with Crippen LogP contribution in [0.2, 0.25) is 0 Å². The number of aromatic amines is 1. The zero-order valence-corrected chi connectivity index (χ0v) is 13.8. The topological polar surface area (TPSA) is 63.0 Å². The summed E-state index contributed by atoms with van der Waals surface area (Å²) in [5, 5.41) is 4.27. The molecule has 1 aromatic carbocycles. The molecule has 4 aromatic heterocycles. The third-order valence-electron chi connectivity index (χ3n) is 4.52. The van der Waals surface area contributed by atoms with E-state index in [-0.39, 0.29) is 5.56 Å². The Labute approximate surface area is 148 Å². The van der Waals surface area contributed by atoms with Crippen LogP contribution in [0.5, 0.6) is 0 Å². The highest BCUT2D eigenvalue weighted by atomic mass is 16.1. The van der Waals surface area contributed by atoms with Crippen LogP contribution in [0.25, 0.3) is 38.9 Å². The van der Waals surface area contributed by atoms with E-state index in [0.29, 0.717) is 0 Å². The van der Waals surface area contributed by atoms with Gasteiger partial charge in [-0.2, -0.15) is 0 Å². The Balaban J connectivity index is 1.96. The predicted octanol–water partition coefficient (Wildman–Crippen LogP) is 3.90. The van der Waals surface area contributed by atoms with Gasteiger partial charge in [-0.3, -0.25) is 19.9 Å². The minimum atomic E-state index is -0.107. The van der Waals surface area contributed by atoms with Gasteiger partial charge < -0.3 is 0 Å². The second-order valence-electron chi connectivity index (χ2n) is 6.04. The molecule has 0 radical (unpaired) electrons. The van der Waals surface area contributed by atoms with Crippen molar-refractivity contribution in [2.75, 3.05) is 0 Å². The molecule has 0 aliphatic carbocycles. The van der Waals surface area contributed by atoms with Crippen molar-refractivity contribution >= 4 is 16.4 Å². The maximum atomic E-state index is 12.4. The van der Waals surface area contributed by atoms with Gasteiger partial charge in [0.1, 0.15) is 0 Å². The molecule has 0 atom stereocenters. The van der Waals surface area contributed by atoms with Crippen LogP contribution >= 0.6 is 0 Å². The number of para-hydroxylation sites is 1. The monoisotopic (exact) mass is 338 g/mol. The summed E-state index contributed by atoms with van der Waals surface area (Å²) in [5.74, 6) is 0. The highest BCUT2D eigenvalue weighted by Crippen LogP contribution is 2.37. The smallest absolute Gasteiger partial charge is 0.269 e. The number of nitrogens with one attached hydrogen (secondary N) is 1. The Kier molecular flexibility index (Phi) is 3.18. The van der Waals surface area contributed by atoms with Gasteiger partial charge in [0.15, 0.2) is 0 Å². The molecule has 5 aromatic rings. The van der Waals surface area contributed by atoms with Gasteiger partial charge in [-0.25, -0.2) is 4.52 Å². The van der Waals surface area contributed by atoms with Crippen molar-refractivity contribution in [3.63, 3.8) is 0 Å². The Bertz CT molecular complexity index is 1300. The fraction of sp³-hybridized carbons (Fsp3) is 0. The van der Waals surface area contributed by atoms with Gasteiger partial charge in [0.05, 0.1) is 22.4 Å². The van der Waals surface area contributed by atoms with Crippen molar-refractivity contribution in [3.05, 3.63) is 89.5 Å². The molecule has 5 rings (SSSR count). The summed E-state index contributed by atoms with van der Waals surface area (Å²) in [7, 11) is 0. The SMILES string of the molecule is O=c1cccc2c(-c3ccnc4ccccc34)c(-c3ccccn3)[nH]n12. The van der Waals surface area contributed by atoms with E-state index in [1.165, 1.54) is 0 Å². The van der Waals surface area contributed by atoms with Gasteiger partial charge in [-0.15, -0.1) is 0 Å². The minimum Gasteiger partial charge on any atom is -0.288 e. The molecule has 124 valence electrons. The average Bonchev–Trinajstić information content (AvgIpc) is 3.09. The third kappa shape index (κ3) is 2.14. The lowest BCUT2D eigenvalue weighted by Crippen LogP contribution is -2.11. The molecular formula is C21H14N4O. The summed E-state index contributed by atoms with van der Waals surface area (Å²) in [6.45, 7) is 0. The lowest BCUT2D eigenvalue weighted by molar-refractivity contribution is 0.921. The summed E-state index contributed by atoms with van der Waals surface area (Å²) in [5.41, 5.74) is 5.17. The van der Waals surface area contributed by atoms with E-state index in [9.17, 15) is 4.79 Å². The standard InChI is InChI=1S/C21H14N4O/c26-19-10-5-9-18-20(15-11-13-23-16-7-2-1-6-14(15)16)21(24-25(18)19)17-8-3-4-12-22-17/h1-13,24H. The van der Waals surface area contributed by atoms with E-state index in [0.717, 1.165) is 38.9 Å². The van der Waals surface area contributed by atoms with E-state index in [2.05, 4.69) is 15.1 Å². The largest absolute Gasteiger partial charge is 0.288 e. The van der Waals surface area contributed by atoms with Crippen LogP contribution in [0, 0.1) is 0 Å². The van der Waals surface area contributed by atoms with E-state index >= 15 is 0 Å². The number of H-pyrrole nitrogens is 1. The van der Waals surface area contributed by atoms with Crippen LogP contribution in [-0.2, 0) is 0 Å². The molecule has 0 bridgehead atoms. The summed E-state index contributed by atoms with van der Waals surface area (Å²) in [6.07, 6.45) is 3.54. The van der Waals surface area contributed by atoms with Crippen LogP contribution in [0.3, 0.4) is 0 Å². The Morgan fingerprint density at radius 2 is 1.69 bits per heavy atom. The highest BCUT2D eigenvalue weighted by molar-refractivity contribution is 6.03. The van der Waals surface area contributed by atoms with Crippen LogP contribution in [-0.4, -0.2) is 19.6 Å². The average molecular weight is 338 g/mol. The molecule has 0 spiro atoms. The molecule has 0 aliphatic rings. The Hall–Kier alpha value is -3.73. The van der Waals surface area contributed by atoms with Gasteiger partial charge >= 0.3 is 0 Å². The quantitative estimate of drug-likeness (QED) is 0.531. The summed E-state index contributed by atoms with van der Waals surface area (Å²) < 4.78 is 1.56. The summed E-state index contributed by atoms with van der Waals surface area (Å²) in [6, 6.07) is 21.0. The maximum Gasteiger partial charge on any atom is 0.269 e. The number of pyridine rings is 3. The van der Waals surface area contributed by atoms with E-state index in [1.54, 1.807) is 29.0 Å². The molecule has 0 saturated heterocycles. The van der Waals surface area contributed by atoms with Crippen LogP contribution < -0.4 is 5.56 Å². The molecule has 1 N–H and O–H groups in total. The zero-order valence-electron chi connectivity index (χ0n) is 13.8. The third-order valence-corrected chi connectivity index (χ3v) is 4.52. The zero-order chi connectivity index (χ0) is 17.5. The van der Waals surface area contributed by atoms with Gasteiger partial charge in [-0.1, -0.05) is 30.3 Å². The number of benzene rings is 1. The molecule has 0 fully saturated rings. The molecule has 0 aliphatic heterocycles. The number of hydrogen-bond donors (Lipinski definition) is 1. The Morgan fingerprint density at radius 1 is 0.808 bits per heavy atom. The van der Waals surface area contributed by atoms with E-state index < -0.39 is 0 Å². The molecule has 26 heavy (non-hydrogen) atoms. The van der Waals surface area contributed by atoms with Crippen molar-refractivity contribution in [1.29, 1.82) is 0 Å². The fourth-order valence-corrected chi connectivity index (χ4v) is 3.38. The lowest BCUT2D eigenvalue weighted by atomic mass is 9.98. The molecule has 0 unspecified atom stereocenters. The maximum absolute atomic E-state index is 12.4. The first kappa shape index (κ1) is 14.6.